The van der Waals surface area contributed by atoms with Gasteiger partial charge in [0.2, 0.25) is 0 Å². The largest absolute Gasteiger partial charge is 3.00 e. The molecular weight excluding hydrogens is 747 g/mol. The molecule has 0 unspecified atom stereocenters. The van der Waals surface area contributed by atoms with Crippen molar-refractivity contribution < 1.29 is 251 Å². The second-order valence-electron chi connectivity index (χ2n) is 6.22. The van der Waals surface area contributed by atoms with Crippen LogP contribution in [0, 0.1) is 39.9 Å². The summed E-state index contributed by atoms with van der Waals surface area (Å²) in [6.45, 7) is -4.00. The van der Waals surface area contributed by atoms with E-state index in [0.717, 1.165) is 4.90 Å². The molecule has 0 aromatic heterocycles. The normalized spacial score (nSPS) is 11.1. The van der Waals surface area contributed by atoms with E-state index in [4.69, 9.17) is 0 Å². The number of rotatable bonds is 16. The van der Waals surface area contributed by atoms with E-state index >= 15 is 0 Å². The van der Waals surface area contributed by atoms with Gasteiger partial charge in [-0.3, -0.25) is 14.7 Å². The molecule has 0 aliphatic rings. The van der Waals surface area contributed by atoms with Gasteiger partial charge in [0.1, 0.15) is 0 Å². The van der Waals surface area contributed by atoms with Crippen molar-refractivity contribution in [2.75, 3.05) is 58.1 Å². The quantitative estimate of drug-likeness (QED) is 0.104. The van der Waals surface area contributed by atoms with Crippen LogP contribution in [0.5, 0.6) is 0 Å². The van der Waals surface area contributed by atoms with E-state index in [1.165, 1.54) is 0 Å². The van der Waals surface area contributed by atoms with Gasteiger partial charge in [-0.1, -0.05) is 22.8 Å². The van der Waals surface area contributed by atoms with Crippen LogP contribution in [0.1, 0.15) is 0 Å². The van der Waals surface area contributed by atoms with Crippen molar-refractivity contribution in [3.05, 3.63) is 0 Å². The number of hydrogen-bond acceptors (Lipinski definition) is 16. The molecule has 1 radical (unpaired) electrons. The van der Waals surface area contributed by atoms with Crippen molar-refractivity contribution in [3.8, 4) is 0 Å². The minimum atomic E-state index is -5.20. The Morgan fingerprint density at radius 1 is 0.500 bits per heavy atom. The summed E-state index contributed by atoms with van der Waals surface area (Å²) in [7, 11) is -15.6. The maximum absolute atomic E-state index is 11.1. The summed E-state index contributed by atoms with van der Waals surface area (Å²) in [5.41, 5.74) is 0. The summed E-state index contributed by atoms with van der Waals surface area (Å²) in [5, 5.41) is 21.3. The van der Waals surface area contributed by atoms with Crippen LogP contribution in [0.25, 0.3) is 0 Å². The van der Waals surface area contributed by atoms with Crippen molar-refractivity contribution in [3.63, 3.8) is 0 Å². The second kappa shape index (κ2) is 28.1. The first-order valence-electron chi connectivity index (χ1n) is 7.96. The molecule has 0 saturated carbocycles. The molecule has 0 aliphatic heterocycles. The molecule has 0 rings (SSSR count). The van der Waals surface area contributed by atoms with Gasteiger partial charge < -0.3 is 62.9 Å². The monoisotopic (exact) mass is 766 g/mol. The second-order valence-corrected chi connectivity index (χ2v) is 10.7. The first-order valence-corrected chi connectivity index (χ1v) is 13.1. The van der Waals surface area contributed by atoms with E-state index < -0.39 is 92.9 Å². The van der Waals surface area contributed by atoms with Gasteiger partial charge in [0.25, 0.3) is 0 Å². The predicted molar refractivity (Wildman–Crippen MR) is 82.2 cm³/mol. The zero-order chi connectivity index (χ0) is 23.8. The van der Waals surface area contributed by atoms with E-state index in [-0.39, 0.29) is 188 Å². The van der Waals surface area contributed by atoms with E-state index in [1.807, 2.05) is 0 Å². The first-order chi connectivity index (χ1) is 13.4. The molecule has 36 heavy (non-hydrogen) atoms. The van der Waals surface area contributed by atoms with Crippen LogP contribution in [0.2, 0.25) is 0 Å². The van der Waals surface area contributed by atoms with Crippen LogP contribution in [0.4, 0.5) is 0 Å². The minimum Gasteiger partial charge on any atom is -0.810 e. The Bertz CT molecular complexity index is 696. The maximum atomic E-state index is 11.1. The molecule has 25 heteroatoms. The molecule has 0 aromatic carbocycles. The summed E-state index contributed by atoms with van der Waals surface area (Å²) in [4.78, 5) is 88.9. The number of carboxylic acid groups (broad SMARTS) is 2. The molecule has 0 aliphatic carbocycles. The molecule has 0 fully saturated rings. The topological polar surface area (TPSA) is 280 Å². The van der Waals surface area contributed by atoms with E-state index in [2.05, 4.69) is 0 Å². The third kappa shape index (κ3) is 39.6. The Morgan fingerprint density at radius 2 is 0.694 bits per heavy atom. The van der Waals surface area contributed by atoms with Crippen molar-refractivity contribution in [1.29, 1.82) is 0 Å². The third-order valence-corrected chi connectivity index (χ3v) is 5.53. The Balaban J connectivity index is -0.000000280. The Labute approximate surface area is 351 Å². The van der Waals surface area contributed by atoms with Crippen molar-refractivity contribution >= 4 is 34.7 Å². The van der Waals surface area contributed by atoms with Gasteiger partial charge in [-0.05, 0) is 0 Å². The molecule has 0 spiro atoms. The third-order valence-electron chi connectivity index (χ3n) is 3.29. The molecule has 0 saturated heterocycles. The van der Waals surface area contributed by atoms with Gasteiger partial charge in [-0.25, -0.2) is 0 Å². The van der Waals surface area contributed by atoms with E-state index in [9.17, 15) is 62.9 Å². The summed E-state index contributed by atoms with van der Waals surface area (Å²) in [5.74, 6) is -3.48. The molecular formula is C11H18GdN3Na5O13P3. The van der Waals surface area contributed by atoms with E-state index in [0.29, 0.717) is 9.80 Å². The van der Waals surface area contributed by atoms with Gasteiger partial charge in [-0.2, -0.15) is 0 Å². The maximum Gasteiger partial charge on any atom is 3.00 e. The first kappa shape index (κ1) is 57.3. The average Bonchev–Trinajstić information content (AvgIpc) is 2.43. The summed E-state index contributed by atoms with van der Waals surface area (Å²) < 4.78 is 32.8. The van der Waals surface area contributed by atoms with Crippen molar-refractivity contribution in [2.45, 2.75) is 0 Å². The predicted octanol–water partition coefficient (Wildman–Crippen LogP) is -24.0. The smallest absolute Gasteiger partial charge is 0.810 e. The van der Waals surface area contributed by atoms with Gasteiger partial charge in [-0.15, -0.1) is 0 Å². The minimum absolute atomic E-state index is 0. The molecule has 183 valence electrons. The van der Waals surface area contributed by atoms with Crippen LogP contribution in [0.15, 0.2) is 0 Å². The Kier molecular flexibility index (Phi) is 44.7. The standard InChI is InChI=1S/C11H26N3O13P3.Gd.5Na/c15-10(16)5-13(8-29(22,23)24)3-1-12(7-28(19,20)21)2-4-14(6-11(17)18)9-30(25,26)27;;;;;;/h1-9H2,(H,15,16)(H,17,18)(H2,19,20,21)(H2,22,23,24)(H2,25,26,27);;;;;;/q;+3;5*+1/p-8. The zero-order valence-electron chi connectivity index (χ0n) is 20.7. The summed E-state index contributed by atoms with van der Waals surface area (Å²) in [6, 6.07) is 0. The number of nitrogens with zero attached hydrogens (tertiary/aromatic N) is 3. The fourth-order valence-corrected chi connectivity index (χ4v) is 4.55. The molecule has 0 bridgehead atoms. The van der Waals surface area contributed by atoms with Crippen LogP contribution >= 0.6 is 22.8 Å². The Hall–Kier alpha value is 5.59. The molecule has 0 atom stereocenters. The molecule has 16 nitrogen and oxygen atoms in total. The number of hydrogen-bond donors (Lipinski definition) is 0. The fourth-order valence-electron chi connectivity index (χ4n) is 2.32. The molecule has 0 amide bonds. The van der Waals surface area contributed by atoms with Crippen LogP contribution in [-0.2, 0) is 23.3 Å². The molecule has 0 N–H and O–H groups in total. The van der Waals surface area contributed by atoms with E-state index in [1.54, 1.807) is 0 Å². The van der Waals surface area contributed by atoms with Crippen LogP contribution in [-0.4, -0.2) is 84.8 Å². The van der Waals surface area contributed by atoms with Crippen LogP contribution in [0.3, 0.4) is 0 Å². The van der Waals surface area contributed by atoms with Gasteiger partial charge >= 0.3 is 188 Å². The van der Waals surface area contributed by atoms with Crippen molar-refractivity contribution in [2.24, 2.45) is 0 Å². The number of aliphatic carboxylic acids is 2. The fraction of sp³-hybridized carbons (Fsp3) is 0.818. The number of carbonyl (C=O) groups is 2. The average molecular weight is 765 g/mol. The van der Waals surface area contributed by atoms with Gasteiger partial charge in [0.15, 0.2) is 0 Å². The molecule has 0 heterocycles. The summed E-state index contributed by atoms with van der Waals surface area (Å²) >= 11 is 0. The zero-order valence-corrected chi connectivity index (χ0v) is 35.7. The number of carboxylic acids is 2. The number of carbonyl (C=O) groups excluding carboxylic acids is 2. The van der Waals surface area contributed by atoms with Crippen LogP contribution < -0.4 is 187 Å². The Morgan fingerprint density at radius 3 is 0.889 bits per heavy atom. The summed E-state index contributed by atoms with van der Waals surface area (Å²) in [6.07, 6.45) is -3.62. The van der Waals surface area contributed by atoms with Crippen molar-refractivity contribution in [1.82, 2.24) is 14.7 Å². The van der Waals surface area contributed by atoms with Gasteiger partial charge in [0.05, 0.1) is 11.9 Å². The SMILES string of the molecule is O=C([O-])CN(CCN(CCN(CC(=O)[O-])CP(=O)([O-])[O-])CP(=O)([O-])[O-])CP(=O)([O-])[O-].[Gd+3].[Na+].[Na+].[Na+].[Na+].[Na+]. The molecule has 0 aromatic rings. The van der Waals surface area contributed by atoms with Gasteiger partial charge in [0, 0.05) is 58.1 Å².